The van der Waals surface area contributed by atoms with Crippen LogP contribution in [0.15, 0.2) is 6.33 Å². The number of hydrogen-bond donors (Lipinski definition) is 0. The van der Waals surface area contributed by atoms with E-state index in [9.17, 15) is 0 Å². The molecule has 0 saturated carbocycles. The van der Waals surface area contributed by atoms with Crippen molar-refractivity contribution in [1.29, 1.82) is 0 Å². The van der Waals surface area contributed by atoms with Gasteiger partial charge in [0.15, 0.2) is 0 Å². The van der Waals surface area contributed by atoms with Crippen molar-refractivity contribution in [3.8, 4) is 0 Å². The summed E-state index contributed by atoms with van der Waals surface area (Å²) in [4.78, 5) is 0. The first-order valence-corrected chi connectivity index (χ1v) is 5.43. The number of halogens is 1. The average Bonchev–Trinajstić information content (AvgIpc) is 2.46. The molecule has 1 rings (SSSR count). The lowest BCUT2D eigenvalue weighted by molar-refractivity contribution is 0.251. The van der Waals surface area contributed by atoms with Gasteiger partial charge < -0.3 is 4.57 Å². The average molecular weight is 216 g/mol. The van der Waals surface area contributed by atoms with Crippen LogP contribution in [0.2, 0.25) is 5.28 Å². The number of hydrogen-bond acceptors (Lipinski definition) is 2. The highest BCUT2D eigenvalue weighted by molar-refractivity contribution is 6.28. The van der Waals surface area contributed by atoms with Gasteiger partial charge in [-0.2, -0.15) is 0 Å². The monoisotopic (exact) mass is 215 g/mol. The van der Waals surface area contributed by atoms with Crippen LogP contribution in [-0.2, 0) is 6.54 Å². The van der Waals surface area contributed by atoms with Crippen molar-refractivity contribution in [2.24, 2.45) is 17.8 Å². The fourth-order valence-electron chi connectivity index (χ4n) is 1.78. The standard InChI is InChI=1S/C10H18ClN3/c1-7(2)9(8(3)4)5-14-6-12-13-10(14)11/h6-9H,5H2,1-4H3. The molecule has 0 atom stereocenters. The predicted octanol–water partition coefficient (Wildman–Crippen LogP) is 2.86. The van der Waals surface area contributed by atoms with Crippen LogP contribution in [0, 0.1) is 17.8 Å². The van der Waals surface area contributed by atoms with Crippen molar-refractivity contribution in [2.45, 2.75) is 34.2 Å². The first kappa shape index (κ1) is 11.5. The van der Waals surface area contributed by atoms with Crippen LogP contribution in [0.1, 0.15) is 27.7 Å². The molecule has 3 nitrogen and oxygen atoms in total. The molecule has 1 heterocycles. The number of aromatic nitrogens is 3. The molecule has 0 N–H and O–H groups in total. The molecule has 0 fully saturated rings. The molecule has 14 heavy (non-hydrogen) atoms. The summed E-state index contributed by atoms with van der Waals surface area (Å²) in [6.45, 7) is 9.86. The van der Waals surface area contributed by atoms with Gasteiger partial charge in [-0.1, -0.05) is 27.7 Å². The summed E-state index contributed by atoms with van der Waals surface area (Å²) in [7, 11) is 0. The molecular formula is C10H18ClN3. The molecular weight excluding hydrogens is 198 g/mol. The van der Waals surface area contributed by atoms with Crippen molar-refractivity contribution in [2.75, 3.05) is 0 Å². The summed E-state index contributed by atoms with van der Waals surface area (Å²) < 4.78 is 1.91. The Morgan fingerprint density at radius 1 is 1.29 bits per heavy atom. The third-order valence-electron chi connectivity index (χ3n) is 2.69. The number of nitrogens with zero attached hydrogens (tertiary/aromatic N) is 3. The molecule has 0 amide bonds. The first-order chi connectivity index (χ1) is 6.52. The third kappa shape index (κ3) is 2.71. The van der Waals surface area contributed by atoms with E-state index in [0.29, 0.717) is 23.0 Å². The van der Waals surface area contributed by atoms with Crippen LogP contribution < -0.4 is 0 Å². The van der Waals surface area contributed by atoms with E-state index in [1.807, 2.05) is 4.57 Å². The highest BCUT2D eigenvalue weighted by atomic mass is 35.5. The third-order valence-corrected chi connectivity index (χ3v) is 2.98. The van der Waals surface area contributed by atoms with Crippen LogP contribution >= 0.6 is 11.6 Å². The summed E-state index contributed by atoms with van der Waals surface area (Å²) in [6, 6.07) is 0. The molecule has 1 aromatic rings. The van der Waals surface area contributed by atoms with Gasteiger partial charge in [0, 0.05) is 6.54 Å². The lowest BCUT2D eigenvalue weighted by atomic mass is 9.85. The smallest absolute Gasteiger partial charge is 0.224 e. The van der Waals surface area contributed by atoms with E-state index in [-0.39, 0.29) is 0 Å². The maximum atomic E-state index is 5.88. The molecule has 0 radical (unpaired) electrons. The van der Waals surface area contributed by atoms with Crippen molar-refractivity contribution in [3.05, 3.63) is 11.6 Å². The van der Waals surface area contributed by atoms with Gasteiger partial charge in [0.1, 0.15) is 6.33 Å². The Kier molecular flexibility index (Phi) is 3.93. The van der Waals surface area contributed by atoms with E-state index < -0.39 is 0 Å². The molecule has 0 saturated heterocycles. The van der Waals surface area contributed by atoms with Crippen LogP contribution in [-0.4, -0.2) is 14.8 Å². The van der Waals surface area contributed by atoms with Gasteiger partial charge in [-0.25, -0.2) is 0 Å². The van der Waals surface area contributed by atoms with E-state index >= 15 is 0 Å². The normalized spacial score (nSPS) is 12.0. The Labute approximate surface area is 90.5 Å². The summed E-state index contributed by atoms with van der Waals surface area (Å²) in [5.74, 6) is 1.91. The minimum absolute atomic E-state index is 0.483. The van der Waals surface area contributed by atoms with Crippen molar-refractivity contribution >= 4 is 11.6 Å². The Balaban J connectivity index is 2.70. The zero-order chi connectivity index (χ0) is 10.7. The van der Waals surface area contributed by atoms with Gasteiger partial charge in [-0.15, -0.1) is 10.2 Å². The molecule has 0 aliphatic carbocycles. The number of rotatable bonds is 4. The first-order valence-electron chi connectivity index (χ1n) is 5.05. The van der Waals surface area contributed by atoms with E-state index in [4.69, 9.17) is 11.6 Å². The second-order valence-corrected chi connectivity index (χ2v) is 4.74. The van der Waals surface area contributed by atoms with Crippen molar-refractivity contribution < 1.29 is 0 Å². The Hall–Kier alpha value is -0.570. The van der Waals surface area contributed by atoms with Gasteiger partial charge in [0.25, 0.3) is 0 Å². The van der Waals surface area contributed by atoms with E-state index in [0.717, 1.165) is 6.54 Å². The van der Waals surface area contributed by atoms with E-state index in [1.54, 1.807) is 6.33 Å². The molecule has 0 bridgehead atoms. The van der Waals surface area contributed by atoms with Crippen LogP contribution in [0.3, 0.4) is 0 Å². The Morgan fingerprint density at radius 2 is 1.86 bits per heavy atom. The predicted molar refractivity (Wildman–Crippen MR) is 58.2 cm³/mol. The summed E-state index contributed by atoms with van der Waals surface area (Å²) in [5, 5.41) is 8.02. The maximum absolute atomic E-state index is 5.88. The summed E-state index contributed by atoms with van der Waals surface area (Å²) in [6.07, 6.45) is 1.69. The molecule has 80 valence electrons. The Morgan fingerprint density at radius 3 is 2.21 bits per heavy atom. The van der Waals surface area contributed by atoms with Gasteiger partial charge in [0.05, 0.1) is 0 Å². The molecule has 0 unspecified atom stereocenters. The molecule has 0 aliphatic heterocycles. The molecule has 0 aliphatic rings. The quantitative estimate of drug-likeness (QED) is 0.774. The van der Waals surface area contributed by atoms with Gasteiger partial charge in [-0.05, 0) is 29.4 Å². The van der Waals surface area contributed by atoms with E-state index in [1.165, 1.54) is 0 Å². The SMILES string of the molecule is CC(C)C(Cn1cnnc1Cl)C(C)C. The highest BCUT2D eigenvalue weighted by Gasteiger charge is 2.18. The zero-order valence-corrected chi connectivity index (χ0v) is 9.99. The largest absolute Gasteiger partial charge is 0.304 e. The van der Waals surface area contributed by atoms with Crippen LogP contribution in [0.25, 0.3) is 0 Å². The van der Waals surface area contributed by atoms with Gasteiger partial charge >= 0.3 is 0 Å². The van der Waals surface area contributed by atoms with E-state index in [2.05, 4.69) is 37.9 Å². The lowest BCUT2D eigenvalue weighted by Gasteiger charge is -2.25. The van der Waals surface area contributed by atoms with Crippen molar-refractivity contribution in [3.63, 3.8) is 0 Å². The lowest BCUT2D eigenvalue weighted by Crippen LogP contribution is -2.21. The highest BCUT2D eigenvalue weighted by Crippen LogP contribution is 2.23. The minimum Gasteiger partial charge on any atom is -0.304 e. The second kappa shape index (κ2) is 4.78. The topological polar surface area (TPSA) is 30.7 Å². The zero-order valence-electron chi connectivity index (χ0n) is 9.24. The van der Waals surface area contributed by atoms with Crippen LogP contribution in [0.4, 0.5) is 0 Å². The Bertz CT molecular complexity index is 273. The summed E-state index contributed by atoms with van der Waals surface area (Å²) >= 11 is 5.88. The molecule has 4 heteroatoms. The maximum Gasteiger partial charge on any atom is 0.224 e. The summed E-state index contributed by atoms with van der Waals surface area (Å²) in [5.41, 5.74) is 0. The van der Waals surface area contributed by atoms with Gasteiger partial charge in [0.2, 0.25) is 5.28 Å². The van der Waals surface area contributed by atoms with Crippen molar-refractivity contribution in [1.82, 2.24) is 14.8 Å². The molecule has 0 aromatic carbocycles. The second-order valence-electron chi connectivity index (χ2n) is 4.40. The van der Waals surface area contributed by atoms with Gasteiger partial charge in [-0.3, -0.25) is 0 Å². The molecule has 1 aromatic heterocycles. The fourth-order valence-corrected chi connectivity index (χ4v) is 1.94. The minimum atomic E-state index is 0.483. The molecule has 0 spiro atoms. The fraction of sp³-hybridized carbons (Fsp3) is 0.800. The van der Waals surface area contributed by atoms with Crippen LogP contribution in [0.5, 0.6) is 0 Å².